The number of aliphatic hydroxyl groups excluding tert-OH is 6. The number of ether oxygens (including phenoxy) is 1. The van der Waals surface area contributed by atoms with E-state index in [9.17, 15) is 35.4 Å². The zero-order chi connectivity index (χ0) is 43.0. The number of halogens is 1. The van der Waals surface area contributed by atoms with E-state index >= 15 is 0 Å². The van der Waals surface area contributed by atoms with Gasteiger partial charge in [0, 0.05) is 66.4 Å². The van der Waals surface area contributed by atoms with Gasteiger partial charge in [-0.2, -0.15) is 0 Å². The van der Waals surface area contributed by atoms with Crippen LogP contribution < -0.4 is 11.5 Å². The third-order valence-electron chi connectivity index (χ3n) is 13.6. The van der Waals surface area contributed by atoms with E-state index in [-0.39, 0.29) is 54.9 Å². The number of hydrogen-bond donors (Lipinski definition) is 8. The number of nitrogens with zero attached hydrogens (tertiary/aromatic N) is 6. The second-order valence-electron chi connectivity index (χ2n) is 16.7. The van der Waals surface area contributed by atoms with Gasteiger partial charge in [-0.3, -0.25) is 4.79 Å². The van der Waals surface area contributed by atoms with Crippen LogP contribution in [0.4, 0.5) is 11.6 Å². The van der Waals surface area contributed by atoms with Gasteiger partial charge in [0.2, 0.25) is 0 Å². The molecule has 3 heterocycles. The molecule has 12 atom stereocenters. The number of fused-ring (bicyclic) bond motifs is 3. The Hall–Kier alpha value is -4.42. The quantitative estimate of drug-likeness (QED) is 0.125. The maximum absolute atomic E-state index is 11.5. The van der Waals surface area contributed by atoms with Crippen LogP contribution in [0.5, 0.6) is 0 Å². The Morgan fingerprint density at radius 2 is 1.08 bits per heavy atom. The number of nitrogens with two attached hydrogens (primary N) is 2. The van der Waals surface area contributed by atoms with Gasteiger partial charge in [-0.1, -0.05) is 50.1 Å². The number of allylic oxidation sites excluding steroid dienone is 3. The van der Waals surface area contributed by atoms with Crippen LogP contribution in [-0.2, 0) is 28.8 Å². The average Bonchev–Trinajstić information content (AvgIpc) is 4.10. The molecular weight excluding hydrogens is 792 g/mol. The molecule has 0 amide bonds. The standard InChI is InChI=1S/C17H21ClN2O2.2C13H17N3O3/c1-4-11-7-14(16(9(11)2)22-10(3)21)12-5-6-13-15(12)19-8-20-17(13)18;2*14-13-8-2-1-7(10(8)15-5-16-13)9-3-6(4-17)11(18)12(9)19/h5,8-9,11,14,16H,4,6-7H2,1-3H3;2*1,5-6,9,11-12,17-19H,2-4H2,(H2,14,15,16)/t9-,11-,14-,16+;2*6-,9+,11+,12+/m011/s1. The first-order chi connectivity index (χ1) is 28.8. The molecule has 0 saturated heterocycles. The summed E-state index contributed by atoms with van der Waals surface area (Å²) in [5.74, 6) is 0.858. The molecule has 0 unspecified atom stereocenters. The van der Waals surface area contributed by atoms with Crippen molar-refractivity contribution in [3.63, 3.8) is 0 Å². The normalized spacial score (nSPS) is 32.1. The van der Waals surface area contributed by atoms with E-state index < -0.39 is 24.4 Å². The van der Waals surface area contributed by atoms with E-state index in [1.54, 1.807) is 0 Å². The van der Waals surface area contributed by atoms with Crippen LogP contribution in [0.25, 0.3) is 16.7 Å². The Kier molecular flexibility index (Phi) is 13.3. The molecule has 6 aliphatic rings. The van der Waals surface area contributed by atoms with Gasteiger partial charge in [0.05, 0.1) is 41.5 Å². The lowest BCUT2D eigenvalue weighted by atomic mass is 9.92. The Labute approximate surface area is 353 Å². The number of hydrogen-bond acceptors (Lipinski definition) is 16. The van der Waals surface area contributed by atoms with Gasteiger partial charge >= 0.3 is 5.97 Å². The lowest BCUT2D eigenvalue weighted by Crippen LogP contribution is -2.29. The van der Waals surface area contributed by atoms with Gasteiger partial charge in [0.25, 0.3) is 0 Å². The highest BCUT2D eigenvalue weighted by molar-refractivity contribution is 6.30. The first-order valence-electron chi connectivity index (χ1n) is 20.7. The summed E-state index contributed by atoms with van der Waals surface area (Å²) in [7, 11) is 0. The van der Waals surface area contributed by atoms with Crippen molar-refractivity contribution in [2.24, 2.45) is 41.4 Å². The molecular formula is C43H55ClN8O8. The van der Waals surface area contributed by atoms with Crippen LogP contribution in [0.15, 0.2) is 37.2 Å². The minimum Gasteiger partial charge on any atom is -0.462 e. The van der Waals surface area contributed by atoms with Crippen molar-refractivity contribution in [1.82, 2.24) is 29.9 Å². The monoisotopic (exact) mass is 846 g/mol. The van der Waals surface area contributed by atoms with Gasteiger partial charge < -0.3 is 46.8 Å². The first-order valence-corrected chi connectivity index (χ1v) is 21.1. The van der Waals surface area contributed by atoms with Gasteiger partial charge in [-0.05, 0) is 67.1 Å². The van der Waals surface area contributed by atoms with Crippen molar-refractivity contribution in [3.05, 3.63) is 76.1 Å². The van der Waals surface area contributed by atoms with Crippen molar-refractivity contribution < 1.29 is 40.2 Å². The number of aliphatic hydroxyl groups is 6. The number of carbonyl (C=O) groups is 1. The summed E-state index contributed by atoms with van der Waals surface area (Å²) >= 11 is 6.18. The van der Waals surface area contributed by atoms with Crippen LogP contribution in [-0.4, -0.2) is 110 Å². The molecule has 0 spiro atoms. The predicted molar refractivity (Wildman–Crippen MR) is 223 cm³/mol. The fourth-order valence-corrected chi connectivity index (χ4v) is 10.5. The highest BCUT2D eigenvalue weighted by Crippen LogP contribution is 2.49. The average molecular weight is 847 g/mol. The van der Waals surface area contributed by atoms with Gasteiger partial charge in [-0.15, -0.1) is 0 Å². The smallest absolute Gasteiger partial charge is 0.302 e. The molecule has 0 radical (unpaired) electrons. The molecule has 3 fully saturated rings. The van der Waals surface area contributed by atoms with E-state index in [1.807, 2.05) is 12.2 Å². The number of rotatable bonds is 7. The van der Waals surface area contributed by atoms with E-state index in [2.05, 4.69) is 49.8 Å². The topological polar surface area (TPSA) is 277 Å². The SMILES string of the molecule is CC[C@H]1C[C@@H](C2=CCc3c(Cl)ncnc32)[C@H](OC(C)=O)[C@H]1C.Nc1ncnc2c1CC=C2[C@@H]1C[C@H](CO)[C@H](O)[C@H]1O.Nc1ncnc2c1CC=C2[C@@H]1C[C@H](CO)[C@H](O)[C@H]1O. The van der Waals surface area contributed by atoms with Crippen LogP contribution >= 0.6 is 11.6 Å². The molecule has 0 aromatic carbocycles. The lowest BCUT2D eigenvalue weighted by Gasteiger charge is -2.24. The summed E-state index contributed by atoms with van der Waals surface area (Å²) in [4.78, 5) is 36.4. The zero-order valence-corrected chi connectivity index (χ0v) is 34.7. The van der Waals surface area contributed by atoms with Crippen LogP contribution in [0, 0.1) is 41.4 Å². The molecule has 60 heavy (non-hydrogen) atoms. The van der Waals surface area contributed by atoms with Crippen LogP contribution in [0.3, 0.4) is 0 Å². The fraction of sp³-hybridized carbons (Fsp3) is 0.558. The summed E-state index contributed by atoms with van der Waals surface area (Å²) in [6.07, 6.45) is 12.2. The maximum Gasteiger partial charge on any atom is 0.302 e. The van der Waals surface area contributed by atoms with Crippen molar-refractivity contribution in [2.75, 3.05) is 24.7 Å². The van der Waals surface area contributed by atoms with Gasteiger partial charge in [0.15, 0.2) is 0 Å². The van der Waals surface area contributed by atoms with Gasteiger partial charge in [0.1, 0.15) is 41.9 Å². The summed E-state index contributed by atoms with van der Waals surface area (Å²) in [5, 5.41) is 59.0. The van der Waals surface area contributed by atoms with E-state index in [0.717, 1.165) is 64.2 Å². The number of aromatic nitrogens is 6. The van der Waals surface area contributed by atoms with E-state index in [0.29, 0.717) is 54.3 Å². The number of anilines is 2. The van der Waals surface area contributed by atoms with Crippen molar-refractivity contribution in [3.8, 4) is 0 Å². The van der Waals surface area contributed by atoms with Crippen LogP contribution in [0.2, 0.25) is 5.15 Å². The molecule has 3 aromatic rings. The molecule has 0 aliphatic heterocycles. The third kappa shape index (κ3) is 8.18. The van der Waals surface area contributed by atoms with E-state index in [1.165, 1.54) is 31.5 Å². The summed E-state index contributed by atoms with van der Waals surface area (Å²) < 4.78 is 5.67. The Balaban J connectivity index is 0.000000137. The Morgan fingerprint density at radius 1 is 0.667 bits per heavy atom. The minimum atomic E-state index is -0.890. The zero-order valence-electron chi connectivity index (χ0n) is 34.0. The summed E-state index contributed by atoms with van der Waals surface area (Å²) in [6, 6.07) is 0. The van der Waals surface area contributed by atoms with Crippen LogP contribution in [0.1, 0.15) is 80.2 Å². The van der Waals surface area contributed by atoms with Gasteiger partial charge in [-0.25, -0.2) is 29.9 Å². The predicted octanol–water partition coefficient (Wildman–Crippen LogP) is 2.38. The molecule has 3 saturated carbocycles. The largest absolute Gasteiger partial charge is 0.462 e. The molecule has 322 valence electrons. The number of carbonyl (C=O) groups excluding carboxylic acids is 1. The Morgan fingerprint density at radius 3 is 1.52 bits per heavy atom. The molecule has 3 aromatic heterocycles. The molecule has 9 rings (SSSR count). The lowest BCUT2D eigenvalue weighted by molar-refractivity contribution is -0.149. The molecule has 10 N–H and O–H groups in total. The summed E-state index contributed by atoms with van der Waals surface area (Å²) in [5.41, 5.74) is 19.8. The molecule has 6 aliphatic carbocycles. The third-order valence-corrected chi connectivity index (χ3v) is 13.9. The van der Waals surface area contributed by atoms with Crippen molar-refractivity contribution >= 4 is 45.9 Å². The van der Waals surface area contributed by atoms with Crippen molar-refractivity contribution in [1.29, 1.82) is 0 Å². The number of nitrogen functional groups attached to an aromatic ring is 2. The molecule has 17 heteroatoms. The van der Waals surface area contributed by atoms with Crippen molar-refractivity contribution in [2.45, 2.75) is 96.2 Å². The highest BCUT2D eigenvalue weighted by Gasteiger charge is 2.47. The first kappa shape index (κ1) is 43.7. The molecule has 16 nitrogen and oxygen atoms in total. The van der Waals surface area contributed by atoms with E-state index in [4.69, 9.17) is 27.8 Å². The molecule has 0 bridgehead atoms. The second kappa shape index (κ2) is 18.3. The second-order valence-corrected chi connectivity index (χ2v) is 17.1. The maximum atomic E-state index is 11.5. The summed E-state index contributed by atoms with van der Waals surface area (Å²) in [6.45, 7) is 5.62. The number of esters is 1. The fourth-order valence-electron chi connectivity index (χ4n) is 10.2. The minimum absolute atomic E-state index is 0.0756. The highest BCUT2D eigenvalue weighted by atomic mass is 35.5. The Bertz CT molecular complexity index is 2070.